The Morgan fingerprint density at radius 1 is 1.05 bits per heavy atom. The first-order valence-electron chi connectivity index (χ1n) is 6.82. The predicted molar refractivity (Wildman–Crippen MR) is 75.3 cm³/mol. The molecule has 108 valence electrons. The van der Waals surface area contributed by atoms with E-state index >= 15 is 0 Å². The SMILES string of the molecule is O=C(O)c1ccc(C(=O)NC2CC(c3ccccc3)C2)o1. The Morgan fingerprint density at radius 2 is 1.71 bits per heavy atom. The van der Waals surface area contributed by atoms with E-state index < -0.39 is 5.97 Å². The highest BCUT2D eigenvalue weighted by atomic mass is 16.4. The summed E-state index contributed by atoms with van der Waals surface area (Å²) in [5.41, 5.74) is 1.29. The largest absolute Gasteiger partial charge is 0.475 e. The minimum atomic E-state index is -1.18. The van der Waals surface area contributed by atoms with Crippen molar-refractivity contribution in [2.45, 2.75) is 24.8 Å². The molecular formula is C16H15NO4. The number of rotatable bonds is 4. The first-order valence-corrected chi connectivity index (χ1v) is 6.82. The smallest absolute Gasteiger partial charge is 0.371 e. The van der Waals surface area contributed by atoms with Gasteiger partial charge in [-0.15, -0.1) is 0 Å². The first-order chi connectivity index (χ1) is 10.1. The van der Waals surface area contributed by atoms with Crippen LogP contribution in [0, 0.1) is 0 Å². The van der Waals surface area contributed by atoms with Crippen molar-refractivity contribution in [3.05, 3.63) is 59.5 Å². The van der Waals surface area contributed by atoms with Gasteiger partial charge in [-0.05, 0) is 36.5 Å². The summed E-state index contributed by atoms with van der Waals surface area (Å²) < 4.78 is 4.98. The van der Waals surface area contributed by atoms with Gasteiger partial charge in [-0.25, -0.2) is 4.79 Å². The van der Waals surface area contributed by atoms with Crippen LogP contribution in [0.3, 0.4) is 0 Å². The summed E-state index contributed by atoms with van der Waals surface area (Å²) in [5.74, 6) is -1.25. The fourth-order valence-corrected chi connectivity index (χ4v) is 2.56. The Balaban J connectivity index is 1.54. The minimum absolute atomic E-state index is 0.0376. The van der Waals surface area contributed by atoms with Gasteiger partial charge in [-0.3, -0.25) is 4.79 Å². The molecule has 0 atom stereocenters. The number of carbonyl (C=O) groups is 2. The van der Waals surface area contributed by atoms with Crippen molar-refractivity contribution in [3.63, 3.8) is 0 Å². The van der Waals surface area contributed by atoms with Crippen LogP contribution in [0.5, 0.6) is 0 Å². The predicted octanol–water partition coefficient (Wildman–Crippen LogP) is 2.65. The summed E-state index contributed by atoms with van der Waals surface area (Å²) in [4.78, 5) is 22.6. The van der Waals surface area contributed by atoms with Gasteiger partial charge < -0.3 is 14.8 Å². The molecule has 1 saturated carbocycles. The molecule has 21 heavy (non-hydrogen) atoms. The molecule has 2 aromatic rings. The van der Waals surface area contributed by atoms with E-state index in [-0.39, 0.29) is 23.5 Å². The van der Waals surface area contributed by atoms with Crippen LogP contribution in [-0.2, 0) is 0 Å². The van der Waals surface area contributed by atoms with E-state index in [9.17, 15) is 9.59 Å². The Hall–Kier alpha value is -2.56. The number of carbonyl (C=O) groups excluding carboxylic acids is 1. The highest BCUT2D eigenvalue weighted by Gasteiger charge is 2.32. The Labute approximate surface area is 121 Å². The van der Waals surface area contributed by atoms with Gasteiger partial charge in [0.2, 0.25) is 5.76 Å². The van der Waals surface area contributed by atoms with Gasteiger partial charge >= 0.3 is 5.97 Å². The molecule has 1 fully saturated rings. The van der Waals surface area contributed by atoms with Crippen LogP contribution in [0.25, 0.3) is 0 Å². The van der Waals surface area contributed by atoms with Gasteiger partial charge in [0.1, 0.15) is 0 Å². The molecule has 5 heteroatoms. The molecule has 1 amide bonds. The summed E-state index contributed by atoms with van der Waals surface area (Å²) in [6, 6.07) is 13.0. The van der Waals surface area contributed by atoms with Gasteiger partial charge in [0.05, 0.1) is 0 Å². The Morgan fingerprint density at radius 3 is 2.33 bits per heavy atom. The third-order valence-electron chi connectivity index (χ3n) is 3.78. The molecule has 3 rings (SSSR count). The van der Waals surface area contributed by atoms with Gasteiger partial charge in [0, 0.05) is 6.04 Å². The molecule has 0 unspecified atom stereocenters. The van der Waals surface area contributed by atoms with Crippen LogP contribution in [0.4, 0.5) is 0 Å². The molecule has 1 aliphatic rings. The maximum Gasteiger partial charge on any atom is 0.371 e. The third-order valence-corrected chi connectivity index (χ3v) is 3.78. The molecular weight excluding hydrogens is 270 g/mol. The van der Waals surface area contributed by atoms with Crippen LogP contribution in [0.2, 0.25) is 0 Å². The number of carboxylic acids is 1. The lowest BCUT2D eigenvalue weighted by atomic mass is 9.76. The molecule has 0 aliphatic heterocycles. The van der Waals surface area contributed by atoms with Gasteiger partial charge in [0.25, 0.3) is 5.91 Å². The first kappa shape index (κ1) is 13.4. The topological polar surface area (TPSA) is 79.5 Å². The van der Waals surface area contributed by atoms with Gasteiger partial charge in [-0.2, -0.15) is 0 Å². The molecule has 0 spiro atoms. The number of carboxylic acid groups (broad SMARTS) is 1. The highest BCUT2D eigenvalue weighted by Crippen LogP contribution is 2.36. The van der Waals surface area contributed by atoms with E-state index in [1.54, 1.807) is 0 Å². The molecule has 1 aromatic heterocycles. The number of amides is 1. The second kappa shape index (κ2) is 5.44. The third kappa shape index (κ3) is 2.81. The minimum Gasteiger partial charge on any atom is -0.475 e. The van der Waals surface area contributed by atoms with Crippen LogP contribution in [0.15, 0.2) is 46.9 Å². The van der Waals surface area contributed by atoms with E-state index in [0.29, 0.717) is 5.92 Å². The molecule has 0 radical (unpaired) electrons. The lowest BCUT2D eigenvalue weighted by molar-refractivity contribution is 0.0659. The number of hydrogen-bond donors (Lipinski definition) is 2. The van der Waals surface area contributed by atoms with E-state index in [0.717, 1.165) is 12.8 Å². The van der Waals surface area contributed by atoms with E-state index in [1.165, 1.54) is 17.7 Å². The van der Waals surface area contributed by atoms with Crippen LogP contribution in [0.1, 0.15) is 45.4 Å². The summed E-state index contributed by atoms with van der Waals surface area (Å²) in [7, 11) is 0. The number of furan rings is 1. The zero-order valence-corrected chi connectivity index (χ0v) is 11.3. The fraction of sp³-hybridized carbons (Fsp3) is 0.250. The van der Waals surface area contributed by atoms with Crippen molar-refractivity contribution in [1.29, 1.82) is 0 Å². The molecule has 2 N–H and O–H groups in total. The van der Waals surface area contributed by atoms with E-state index in [4.69, 9.17) is 9.52 Å². The summed E-state index contributed by atoms with van der Waals surface area (Å²) >= 11 is 0. The summed E-state index contributed by atoms with van der Waals surface area (Å²) in [6.07, 6.45) is 1.78. The van der Waals surface area contributed by atoms with Crippen LogP contribution >= 0.6 is 0 Å². The van der Waals surface area contributed by atoms with Crippen LogP contribution < -0.4 is 5.32 Å². The van der Waals surface area contributed by atoms with Crippen molar-refractivity contribution in [3.8, 4) is 0 Å². The fourth-order valence-electron chi connectivity index (χ4n) is 2.56. The van der Waals surface area contributed by atoms with Crippen molar-refractivity contribution in [2.24, 2.45) is 0 Å². The second-order valence-corrected chi connectivity index (χ2v) is 5.22. The molecule has 1 aliphatic carbocycles. The average molecular weight is 285 g/mol. The quantitative estimate of drug-likeness (QED) is 0.905. The van der Waals surface area contributed by atoms with E-state index in [2.05, 4.69) is 17.4 Å². The molecule has 1 aromatic carbocycles. The zero-order valence-electron chi connectivity index (χ0n) is 11.3. The average Bonchev–Trinajstić information content (AvgIpc) is 2.93. The standard InChI is InChI=1S/C16H15NO4/c18-15(13-6-7-14(21-13)16(19)20)17-12-8-11(9-12)10-4-2-1-3-5-10/h1-7,11-12H,8-9H2,(H,17,18)(H,19,20). The molecule has 0 bridgehead atoms. The van der Waals surface area contributed by atoms with E-state index in [1.807, 2.05) is 18.2 Å². The second-order valence-electron chi connectivity index (χ2n) is 5.22. The number of nitrogens with one attached hydrogen (secondary N) is 1. The summed E-state index contributed by atoms with van der Waals surface area (Å²) in [5, 5.41) is 11.6. The molecule has 5 nitrogen and oxygen atoms in total. The molecule has 1 heterocycles. The van der Waals surface area contributed by atoms with Crippen molar-refractivity contribution < 1.29 is 19.1 Å². The number of benzene rings is 1. The van der Waals surface area contributed by atoms with Gasteiger partial charge in [0.15, 0.2) is 5.76 Å². The van der Waals surface area contributed by atoms with Gasteiger partial charge in [-0.1, -0.05) is 30.3 Å². The summed E-state index contributed by atoms with van der Waals surface area (Å²) in [6.45, 7) is 0. The monoisotopic (exact) mass is 285 g/mol. The maximum atomic E-state index is 11.9. The maximum absolute atomic E-state index is 11.9. The van der Waals surface area contributed by atoms with Crippen molar-refractivity contribution in [1.82, 2.24) is 5.32 Å². The normalized spacial score (nSPS) is 20.6. The lowest BCUT2D eigenvalue weighted by Crippen LogP contribution is -2.43. The zero-order chi connectivity index (χ0) is 14.8. The van der Waals surface area contributed by atoms with Crippen LogP contribution in [-0.4, -0.2) is 23.0 Å². The number of hydrogen-bond acceptors (Lipinski definition) is 3. The Kier molecular flexibility index (Phi) is 3.48. The molecule has 0 saturated heterocycles. The van der Waals surface area contributed by atoms with Crippen molar-refractivity contribution in [2.75, 3.05) is 0 Å². The lowest BCUT2D eigenvalue weighted by Gasteiger charge is -2.36. The van der Waals surface area contributed by atoms with Crippen molar-refractivity contribution >= 4 is 11.9 Å². The Bertz CT molecular complexity index is 656. The highest BCUT2D eigenvalue weighted by molar-refractivity contribution is 5.93. The number of aromatic carboxylic acids is 1.